The van der Waals surface area contributed by atoms with E-state index in [1.165, 1.54) is 36.4 Å². The van der Waals surface area contributed by atoms with Crippen LogP contribution in [0.1, 0.15) is 52.4 Å². The smallest absolute Gasteiger partial charge is 1.00 e. The molecule has 12 heteroatoms. The third kappa shape index (κ3) is 6.45. The Balaban J connectivity index is 0.00000253. The van der Waals surface area contributed by atoms with E-state index >= 15 is 0 Å². The van der Waals surface area contributed by atoms with Gasteiger partial charge in [0, 0.05) is 17.3 Å². The molecule has 0 bridgehead atoms. The van der Waals surface area contributed by atoms with Gasteiger partial charge in [-0.3, -0.25) is 9.59 Å². The van der Waals surface area contributed by atoms with E-state index in [1.807, 2.05) is 18.4 Å². The van der Waals surface area contributed by atoms with E-state index in [1.54, 1.807) is 24.5 Å². The van der Waals surface area contributed by atoms with Crippen LogP contribution < -0.4 is 40.2 Å². The summed E-state index contributed by atoms with van der Waals surface area (Å²) in [7, 11) is 0. The molecule has 0 aliphatic carbocycles. The Morgan fingerprint density at radius 2 is 1.68 bits per heavy atom. The summed E-state index contributed by atoms with van der Waals surface area (Å²) in [4.78, 5) is 40.7. The van der Waals surface area contributed by atoms with Crippen molar-refractivity contribution in [2.45, 2.75) is 19.9 Å². The molecule has 2 aromatic heterocycles. The molecule has 2 heterocycles. The topological polar surface area (TPSA) is 139 Å². The van der Waals surface area contributed by atoms with Crippen LogP contribution >= 0.6 is 0 Å². The number of amides is 2. The molecule has 10 nitrogen and oxygen atoms in total. The number of carboxylic acids is 1. The normalized spacial score (nSPS) is 10.5. The van der Waals surface area contributed by atoms with Crippen molar-refractivity contribution in [3.8, 4) is 11.5 Å². The number of carbonyl (C=O) groups is 3. The molecule has 4 aromatic rings. The molecular formula is C25H22FN6NaO4. The van der Waals surface area contributed by atoms with Crippen molar-refractivity contribution in [2.24, 2.45) is 0 Å². The first-order valence-electron chi connectivity index (χ1n) is 10.9. The van der Waals surface area contributed by atoms with Gasteiger partial charge in [0.25, 0.3) is 11.8 Å². The van der Waals surface area contributed by atoms with Crippen LogP contribution in [0.15, 0.2) is 67.0 Å². The second-order valence-electron chi connectivity index (χ2n) is 8.05. The molecule has 37 heavy (non-hydrogen) atoms. The molecule has 0 fully saturated rings. The predicted octanol–water partition coefficient (Wildman–Crippen LogP) is 1.38. The number of halogens is 1. The third-order valence-electron chi connectivity index (χ3n) is 5.21. The number of benzene rings is 2. The van der Waals surface area contributed by atoms with Crippen LogP contribution in [0.4, 0.5) is 15.9 Å². The number of pyridine rings is 1. The van der Waals surface area contributed by atoms with Crippen molar-refractivity contribution in [3.63, 3.8) is 0 Å². The Labute approximate surface area is 234 Å². The van der Waals surface area contributed by atoms with Gasteiger partial charge in [-0.2, -0.15) is 0 Å². The number of nitrogens with zero attached hydrogens (tertiary/aromatic N) is 4. The van der Waals surface area contributed by atoms with E-state index in [0.717, 1.165) is 6.07 Å². The number of aromatic nitrogens is 4. The molecule has 0 saturated heterocycles. The standard InChI is InChI=1S/C25H21FN6O4.Na.H/c1-14(2)32-13-27-31-22(32)20-4-3-5-21(29-20)30-24(34)18-12-17(10-11-19(18)26)28-23(33)15-6-8-16(9-7-15)25(35)36;;/h3-14H,1-2H3,(H,28,33)(H,35,36)(H,29,30,34);;/q;+1;-1. The average molecular weight is 512 g/mol. The summed E-state index contributed by atoms with van der Waals surface area (Å²) in [5.41, 5.74) is 0.599. The Morgan fingerprint density at radius 3 is 2.35 bits per heavy atom. The van der Waals surface area contributed by atoms with Gasteiger partial charge in [0.1, 0.15) is 23.7 Å². The average Bonchev–Trinajstić information content (AvgIpc) is 3.36. The van der Waals surface area contributed by atoms with Crippen molar-refractivity contribution in [3.05, 3.63) is 89.5 Å². The van der Waals surface area contributed by atoms with Gasteiger partial charge in [-0.05, 0) is 68.4 Å². The monoisotopic (exact) mass is 512 g/mol. The first kappa shape index (κ1) is 27.7. The van der Waals surface area contributed by atoms with Crippen LogP contribution in [0.5, 0.6) is 0 Å². The summed E-state index contributed by atoms with van der Waals surface area (Å²) in [5.74, 6) is -2.50. The number of aromatic carboxylic acids is 1. The molecule has 2 aromatic carbocycles. The van der Waals surface area contributed by atoms with Crippen molar-refractivity contribution in [2.75, 3.05) is 10.6 Å². The zero-order chi connectivity index (χ0) is 25.8. The predicted molar refractivity (Wildman–Crippen MR) is 130 cm³/mol. The minimum atomic E-state index is -1.11. The van der Waals surface area contributed by atoms with Crippen molar-refractivity contribution >= 4 is 29.3 Å². The van der Waals surface area contributed by atoms with Crippen LogP contribution in [0.3, 0.4) is 0 Å². The number of anilines is 2. The molecule has 0 atom stereocenters. The van der Waals surface area contributed by atoms with Gasteiger partial charge in [0.15, 0.2) is 5.82 Å². The van der Waals surface area contributed by atoms with Gasteiger partial charge < -0.3 is 21.7 Å². The number of hydrogen-bond acceptors (Lipinski definition) is 6. The Hall–Kier alpha value is -3.93. The first-order chi connectivity index (χ1) is 17.2. The summed E-state index contributed by atoms with van der Waals surface area (Å²) in [5, 5.41) is 22.1. The molecule has 0 aliphatic heterocycles. The molecule has 0 unspecified atom stereocenters. The maximum atomic E-state index is 14.5. The molecule has 0 aliphatic rings. The summed E-state index contributed by atoms with van der Waals surface area (Å²) < 4.78 is 16.3. The largest absolute Gasteiger partial charge is 1.00 e. The van der Waals surface area contributed by atoms with E-state index in [-0.39, 0.29) is 65.2 Å². The second kappa shape index (κ2) is 11.9. The Kier molecular flexibility index (Phi) is 8.87. The maximum Gasteiger partial charge on any atom is 1.00 e. The van der Waals surface area contributed by atoms with E-state index in [2.05, 4.69) is 25.8 Å². The van der Waals surface area contributed by atoms with Crippen LogP contribution in [0, 0.1) is 5.82 Å². The quantitative estimate of drug-likeness (QED) is 0.318. The third-order valence-corrected chi connectivity index (χ3v) is 5.21. The minimum Gasteiger partial charge on any atom is -1.00 e. The van der Waals surface area contributed by atoms with Crippen molar-refractivity contribution in [1.82, 2.24) is 19.7 Å². The van der Waals surface area contributed by atoms with E-state index < -0.39 is 23.6 Å². The van der Waals surface area contributed by atoms with Crippen molar-refractivity contribution in [1.29, 1.82) is 0 Å². The minimum absolute atomic E-state index is 0. The number of carboxylic acid groups (broad SMARTS) is 1. The summed E-state index contributed by atoms with van der Waals surface area (Å²) >= 11 is 0. The zero-order valence-electron chi connectivity index (χ0n) is 21.3. The molecule has 3 N–H and O–H groups in total. The number of rotatable bonds is 7. The van der Waals surface area contributed by atoms with Gasteiger partial charge in [-0.25, -0.2) is 14.2 Å². The fourth-order valence-corrected chi connectivity index (χ4v) is 3.36. The van der Waals surface area contributed by atoms with E-state index in [0.29, 0.717) is 11.5 Å². The summed E-state index contributed by atoms with van der Waals surface area (Å²) in [6, 6.07) is 13.9. The summed E-state index contributed by atoms with van der Waals surface area (Å²) in [6.07, 6.45) is 1.59. The van der Waals surface area contributed by atoms with Crippen LogP contribution in [-0.4, -0.2) is 42.6 Å². The molecule has 0 radical (unpaired) electrons. The van der Waals surface area contributed by atoms with E-state index in [9.17, 15) is 18.8 Å². The maximum absolute atomic E-state index is 14.5. The molecule has 2 amide bonds. The number of hydrogen-bond donors (Lipinski definition) is 3. The number of carbonyl (C=O) groups excluding carboxylic acids is 2. The Morgan fingerprint density at radius 1 is 0.973 bits per heavy atom. The van der Waals surface area contributed by atoms with Crippen LogP contribution in [-0.2, 0) is 0 Å². The molecule has 0 saturated carbocycles. The summed E-state index contributed by atoms with van der Waals surface area (Å²) in [6.45, 7) is 3.94. The Bertz CT molecular complexity index is 1460. The van der Waals surface area contributed by atoms with Crippen LogP contribution in [0.2, 0.25) is 0 Å². The fraction of sp³-hybridized carbons (Fsp3) is 0.120. The molecule has 184 valence electrons. The fourth-order valence-electron chi connectivity index (χ4n) is 3.36. The van der Waals surface area contributed by atoms with Gasteiger partial charge in [-0.15, -0.1) is 10.2 Å². The van der Waals surface area contributed by atoms with Gasteiger partial charge in [0.2, 0.25) is 0 Å². The first-order valence-corrected chi connectivity index (χ1v) is 10.9. The SMILES string of the molecule is CC(C)n1cnnc1-c1cccc(NC(=O)c2cc(NC(=O)c3ccc(C(=O)O)cc3)ccc2F)n1.[H-].[Na+]. The van der Waals surface area contributed by atoms with Crippen molar-refractivity contribution < 1.29 is 54.9 Å². The second-order valence-corrected chi connectivity index (χ2v) is 8.05. The molecule has 0 spiro atoms. The van der Waals surface area contributed by atoms with Crippen LogP contribution in [0.25, 0.3) is 11.5 Å². The zero-order valence-corrected chi connectivity index (χ0v) is 22.3. The van der Waals surface area contributed by atoms with E-state index in [4.69, 9.17) is 5.11 Å². The van der Waals surface area contributed by atoms with Gasteiger partial charge in [-0.1, -0.05) is 6.07 Å². The molecule has 4 rings (SSSR count). The van der Waals surface area contributed by atoms with Gasteiger partial charge in [0.05, 0.1) is 11.1 Å². The molecular weight excluding hydrogens is 490 g/mol. The van der Waals surface area contributed by atoms with Gasteiger partial charge >= 0.3 is 35.5 Å². The number of nitrogens with one attached hydrogen (secondary N) is 2.